The summed E-state index contributed by atoms with van der Waals surface area (Å²) in [6, 6.07) is 15.9. The number of aryl methyl sites for hydroxylation is 1. The minimum Gasteiger partial charge on any atom is -0.481 e. The lowest BCUT2D eigenvalue weighted by Crippen LogP contribution is -2.00. The quantitative estimate of drug-likeness (QED) is 0.434. The first-order chi connectivity index (χ1) is 14.6. The summed E-state index contributed by atoms with van der Waals surface area (Å²) in [7, 11) is 0. The predicted octanol–water partition coefficient (Wildman–Crippen LogP) is 5.50. The summed E-state index contributed by atoms with van der Waals surface area (Å²) < 4.78 is 11.7. The maximum atomic E-state index is 11.0. The number of aliphatic carboxylic acids is 1. The Kier molecular flexibility index (Phi) is 6.55. The van der Waals surface area contributed by atoms with E-state index in [9.17, 15) is 4.79 Å². The van der Waals surface area contributed by atoms with Gasteiger partial charge in [0, 0.05) is 28.4 Å². The Morgan fingerprint density at radius 3 is 2.77 bits per heavy atom. The molecule has 1 N–H and O–H groups in total. The topological polar surface area (TPSA) is 72.6 Å². The van der Waals surface area contributed by atoms with Crippen molar-refractivity contribution in [2.45, 2.75) is 43.4 Å². The first-order valence-corrected chi connectivity index (χ1v) is 11.1. The van der Waals surface area contributed by atoms with Crippen LogP contribution in [0.2, 0.25) is 0 Å². The molecule has 0 bridgehead atoms. The van der Waals surface area contributed by atoms with E-state index < -0.39 is 5.97 Å². The average Bonchev–Trinajstić information content (AvgIpc) is 3.46. The van der Waals surface area contributed by atoms with E-state index in [1.54, 1.807) is 11.8 Å². The van der Waals surface area contributed by atoms with Crippen molar-refractivity contribution in [1.82, 2.24) is 5.16 Å². The molecular weight excluding hydrogens is 398 g/mol. The van der Waals surface area contributed by atoms with Gasteiger partial charge < -0.3 is 14.4 Å². The second kappa shape index (κ2) is 9.49. The van der Waals surface area contributed by atoms with Crippen LogP contribution in [0.4, 0.5) is 0 Å². The monoisotopic (exact) mass is 423 g/mol. The van der Waals surface area contributed by atoms with Crippen molar-refractivity contribution in [2.75, 3.05) is 6.61 Å². The molecular formula is C24H25NO4S. The van der Waals surface area contributed by atoms with Crippen LogP contribution in [0.3, 0.4) is 0 Å². The molecule has 1 aromatic heterocycles. The van der Waals surface area contributed by atoms with Crippen molar-refractivity contribution >= 4 is 17.7 Å². The van der Waals surface area contributed by atoms with Gasteiger partial charge in [-0.15, -0.1) is 11.8 Å². The number of hydrogen-bond donors (Lipinski definition) is 1. The van der Waals surface area contributed by atoms with Gasteiger partial charge in [-0.1, -0.05) is 47.1 Å². The number of hydrogen-bond acceptors (Lipinski definition) is 5. The van der Waals surface area contributed by atoms with Crippen molar-refractivity contribution in [3.8, 4) is 11.3 Å². The zero-order valence-electron chi connectivity index (χ0n) is 17.0. The fourth-order valence-corrected chi connectivity index (χ4v) is 4.16. The molecule has 3 aromatic rings. The van der Waals surface area contributed by atoms with E-state index in [-0.39, 0.29) is 6.42 Å². The Morgan fingerprint density at radius 2 is 2.03 bits per heavy atom. The Morgan fingerprint density at radius 1 is 1.23 bits per heavy atom. The molecule has 1 saturated carbocycles. The predicted molar refractivity (Wildman–Crippen MR) is 116 cm³/mol. The van der Waals surface area contributed by atoms with Crippen LogP contribution in [0, 0.1) is 12.8 Å². The number of nitrogens with zero attached hydrogens (tertiary/aromatic N) is 1. The highest BCUT2D eigenvalue weighted by molar-refractivity contribution is 7.98. The van der Waals surface area contributed by atoms with E-state index in [4.69, 9.17) is 14.4 Å². The van der Waals surface area contributed by atoms with Crippen molar-refractivity contribution in [2.24, 2.45) is 5.92 Å². The summed E-state index contributed by atoms with van der Waals surface area (Å²) in [4.78, 5) is 12.0. The normalized spacial score (nSPS) is 13.5. The minimum absolute atomic E-state index is 0.0240. The van der Waals surface area contributed by atoms with E-state index in [1.165, 1.54) is 18.4 Å². The highest BCUT2D eigenvalue weighted by atomic mass is 32.2. The van der Waals surface area contributed by atoms with Crippen LogP contribution in [-0.2, 0) is 28.3 Å². The molecule has 0 spiro atoms. The van der Waals surface area contributed by atoms with Crippen LogP contribution in [0.15, 0.2) is 57.9 Å². The van der Waals surface area contributed by atoms with Gasteiger partial charge in [0.15, 0.2) is 5.76 Å². The Hall–Kier alpha value is -2.57. The first kappa shape index (κ1) is 20.7. The third-order valence-electron chi connectivity index (χ3n) is 5.11. The van der Waals surface area contributed by atoms with Gasteiger partial charge in [0.25, 0.3) is 0 Å². The lowest BCUT2D eigenvalue weighted by Gasteiger charge is -2.07. The number of carboxylic acid groups (broad SMARTS) is 1. The second-order valence-corrected chi connectivity index (χ2v) is 8.82. The Labute approximate surface area is 180 Å². The molecule has 0 unspecified atom stereocenters. The fraction of sp³-hybridized carbons (Fsp3) is 0.333. The van der Waals surface area contributed by atoms with E-state index in [0.717, 1.165) is 39.6 Å². The van der Waals surface area contributed by atoms with E-state index in [0.29, 0.717) is 18.3 Å². The third kappa shape index (κ3) is 5.52. The van der Waals surface area contributed by atoms with E-state index in [1.807, 2.05) is 36.4 Å². The molecule has 1 aliphatic rings. The minimum atomic E-state index is -0.827. The van der Waals surface area contributed by atoms with Gasteiger partial charge in [0.1, 0.15) is 0 Å². The van der Waals surface area contributed by atoms with Gasteiger partial charge in [0.05, 0.1) is 18.7 Å². The van der Waals surface area contributed by atoms with Gasteiger partial charge in [-0.05, 0) is 43.4 Å². The lowest BCUT2D eigenvalue weighted by atomic mass is 10.1. The summed E-state index contributed by atoms with van der Waals surface area (Å²) in [5, 5.41) is 13.4. The molecule has 0 radical (unpaired) electrons. The lowest BCUT2D eigenvalue weighted by molar-refractivity contribution is -0.136. The van der Waals surface area contributed by atoms with Crippen LogP contribution in [-0.4, -0.2) is 22.8 Å². The summed E-state index contributed by atoms with van der Waals surface area (Å²) in [5.41, 5.74) is 4.85. The summed E-state index contributed by atoms with van der Waals surface area (Å²) >= 11 is 1.62. The molecule has 2 aromatic carbocycles. The smallest absolute Gasteiger partial charge is 0.307 e. The Balaban J connectivity index is 1.51. The molecule has 30 heavy (non-hydrogen) atoms. The van der Waals surface area contributed by atoms with Gasteiger partial charge in [0.2, 0.25) is 0 Å². The molecule has 1 aliphatic carbocycles. The number of thioether (sulfide) groups is 1. The van der Waals surface area contributed by atoms with Crippen LogP contribution < -0.4 is 0 Å². The van der Waals surface area contributed by atoms with Crippen LogP contribution in [0.5, 0.6) is 0 Å². The highest BCUT2D eigenvalue weighted by Crippen LogP contribution is 2.33. The molecule has 0 atom stereocenters. The number of carbonyl (C=O) groups is 1. The van der Waals surface area contributed by atoms with Crippen LogP contribution in [0.25, 0.3) is 11.3 Å². The molecule has 4 rings (SSSR count). The molecule has 6 heteroatoms. The number of benzene rings is 2. The van der Waals surface area contributed by atoms with Crippen molar-refractivity contribution in [3.63, 3.8) is 0 Å². The van der Waals surface area contributed by atoms with Gasteiger partial charge in [-0.3, -0.25) is 4.79 Å². The first-order valence-electron chi connectivity index (χ1n) is 10.1. The fourth-order valence-electron chi connectivity index (χ4n) is 3.22. The summed E-state index contributed by atoms with van der Waals surface area (Å²) in [5.74, 6) is 1.27. The van der Waals surface area contributed by atoms with Gasteiger partial charge >= 0.3 is 5.97 Å². The SMILES string of the molecule is Cc1ccc(-c2onc(CSc3cccc(CC(=O)O)c3)c2COCC2CC2)cc1. The van der Waals surface area contributed by atoms with Crippen molar-refractivity contribution < 1.29 is 19.2 Å². The van der Waals surface area contributed by atoms with Crippen LogP contribution in [0.1, 0.15) is 35.2 Å². The third-order valence-corrected chi connectivity index (χ3v) is 6.11. The molecule has 1 fully saturated rings. The zero-order chi connectivity index (χ0) is 20.9. The largest absolute Gasteiger partial charge is 0.481 e. The maximum absolute atomic E-state index is 11.0. The molecule has 5 nitrogen and oxygen atoms in total. The molecule has 1 heterocycles. The summed E-state index contributed by atoms with van der Waals surface area (Å²) in [6.45, 7) is 3.32. The summed E-state index contributed by atoms with van der Waals surface area (Å²) in [6.07, 6.45) is 2.53. The van der Waals surface area contributed by atoms with Gasteiger partial charge in [-0.2, -0.15) is 0 Å². The number of ether oxygens (including phenoxy) is 1. The average molecular weight is 424 g/mol. The number of rotatable bonds is 10. The maximum Gasteiger partial charge on any atom is 0.307 e. The van der Waals surface area contributed by atoms with Gasteiger partial charge in [-0.25, -0.2) is 0 Å². The second-order valence-electron chi connectivity index (χ2n) is 7.77. The molecule has 0 saturated heterocycles. The molecule has 0 amide bonds. The number of carboxylic acids is 1. The molecule has 0 aliphatic heterocycles. The zero-order valence-corrected chi connectivity index (χ0v) is 17.8. The van der Waals surface area contributed by atoms with Crippen molar-refractivity contribution in [3.05, 3.63) is 70.9 Å². The standard InChI is InChI=1S/C24H25NO4S/c1-16-5-9-19(10-6-16)24-21(14-28-13-17-7-8-17)22(25-29-24)15-30-20-4-2-3-18(11-20)12-23(26)27/h2-6,9-11,17H,7-8,12-15H2,1H3,(H,26,27). The number of aromatic nitrogens is 1. The highest BCUT2D eigenvalue weighted by Gasteiger charge is 2.23. The van der Waals surface area contributed by atoms with E-state index in [2.05, 4.69) is 24.2 Å². The van der Waals surface area contributed by atoms with E-state index >= 15 is 0 Å². The van der Waals surface area contributed by atoms with Crippen molar-refractivity contribution in [1.29, 1.82) is 0 Å². The molecule has 156 valence electrons. The van der Waals surface area contributed by atoms with Crippen LogP contribution >= 0.6 is 11.8 Å². The Bertz CT molecular complexity index is 1010.